The second-order valence-corrected chi connectivity index (χ2v) is 4.84. The van der Waals surface area contributed by atoms with Crippen molar-refractivity contribution >= 4 is 17.5 Å². The number of hydrogen-bond acceptors (Lipinski definition) is 3. The lowest BCUT2D eigenvalue weighted by atomic mass is 10.1. The lowest BCUT2D eigenvalue weighted by molar-refractivity contribution is -0.120. The van der Waals surface area contributed by atoms with Crippen LogP contribution in [0.4, 0.5) is 0 Å². The maximum atomic E-state index is 11.8. The van der Waals surface area contributed by atoms with Crippen molar-refractivity contribution < 1.29 is 14.3 Å². The average Bonchev–Trinajstić information content (AvgIpc) is 2.46. The number of hydrogen-bond donors (Lipinski definition) is 1. The predicted octanol–water partition coefficient (Wildman–Crippen LogP) is 2.77. The van der Waals surface area contributed by atoms with Gasteiger partial charge in [0.15, 0.2) is 11.5 Å². The predicted molar refractivity (Wildman–Crippen MR) is 80.8 cm³/mol. The van der Waals surface area contributed by atoms with E-state index in [2.05, 4.69) is 5.32 Å². The number of rotatable bonds is 9. The molecule has 0 aliphatic rings. The number of ether oxygens (including phenoxy) is 2. The normalized spacial score (nSPS) is 10.2. The van der Waals surface area contributed by atoms with Gasteiger partial charge in [-0.2, -0.15) is 0 Å². The van der Waals surface area contributed by atoms with E-state index in [-0.39, 0.29) is 5.91 Å². The van der Waals surface area contributed by atoms with Crippen LogP contribution in [0.25, 0.3) is 0 Å². The molecule has 0 radical (unpaired) electrons. The van der Waals surface area contributed by atoms with E-state index in [1.165, 1.54) is 0 Å². The van der Waals surface area contributed by atoms with Crippen molar-refractivity contribution in [2.45, 2.75) is 25.7 Å². The summed E-state index contributed by atoms with van der Waals surface area (Å²) in [5, 5.41) is 2.90. The number of carbonyl (C=O) groups excluding carboxylic acids is 1. The first-order valence-electron chi connectivity index (χ1n) is 6.74. The van der Waals surface area contributed by atoms with Gasteiger partial charge in [0.25, 0.3) is 0 Å². The lowest BCUT2D eigenvalue weighted by Gasteiger charge is -2.10. The molecule has 0 aliphatic carbocycles. The largest absolute Gasteiger partial charge is 0.493 e. The molecule has 0 spiro atoms. The Morgan fingerprint density at radius 2 is 1.90 bits per heavy atom. The molecule has 0 heterocycles. The second kappa shape index (κ2) is 9.48. The zero-order valence-corrected chi connectivity index (χ0v) is 12.8. The second-order valence-electron chi connectivity index (χ2n) is 4.47. The molecule has 0 saturated carbocycles. The van der Waals surface area contributed by atoms with Gasteiger partial charge in [0, 0.05) is 12.4 Å². The van der Waals surface area contributed by atoms with E-state index in [0.29, 0.717) is 30.3 Å². The van der Waals surface area contributed by atoms with E-state index in [9.17, 15) is 4.79 Å². The first-order chi connectivity index (χ1) is 9.71. The van der Waals surface area contributed by atoms with E-state index >= 15 is 0 Å². The summed E-state index contributed by atoms with van der Waals surface area (Å²) in [6.45, 7) is 0.697. The number of unbranched alkanes of at least 4 members (excludes halogenated alkanes) is 2. The highest BCUT2D eigenvalue weighted by Gasteiger charge is 2.07. The van der Waals surface area contributed by atoms with Crippen LogP contribution in [-0.4, -0.2) is 32.6 Å². The van der Waals surface area contributed by atoms with Crippen LogP contribution in [0.5, 0.6) is 11.5 Å². The van der Waals surface area contributed by atoms with E-state index in [4.69, 9.17) is 21.1 Å². The maximum Gasteiger partial charge on any atom is 0.224 e. The van der Waals surface area contributed by atoms with Gasteiger partial charge in [-0.05, 0) is 30.5 Å². The SMILES string of the molecule is COc1ccc(CC(=O)NCCCCCCl)cc1OC. The van der Waals surface area contributed by atoms with Gasteiger partial charge in [-0.1, -0.05) is 12.5 Å². The molecule has 1 aromatic carbocycles. The summed E-state index contributed by atoms with van der Waals surface area (Å²) in [5.74, 6) is 2.00. The van der Waals surface area contributed by atoms with Crippen LogP contribution < -0.4 is 14.8 Å². The Kier molecular flexibility index (Phi) is 7.88. The Morgan fingerprint density at radius 3 is 2.55 bits per heavy atom. The number of carbonyl (C=O) groups is 1. The zero-order valence-electron chi connectivity index (χ0n) is 12.1. The van der Waals surface area contributed by atoms with Gasteiger partial charge >= 0.3 is 0 Å². The molecular weight excluding hydrogens is 278 g/mol. The first-order valence-corrected chi connectivity index (χ1v) is 7.28. The molecule has 0 aromatic heterocycles. The minimum atomic E-state index is 0.0168. The van der Waals surface area contributed by atoms with Gasteiger partial charge < -0.3 is 14.8 Å². The van der Waals surface area contributed by atoms with Crippen molar-refractivity contribution in [3.63, 3.8) is 0 Å². The van der Waals surface area contributed by atoms with E-state index in [1.807, 2.05) is 18.2 Å². The Morgan fingerprint density at radius 1 is 1.15 bits per heavy atom. The summed E-state index contributed by atoms with van der Waals surface area (Å²) in [4.78, 5) is 11.8. The molecule has 0 bridgehead atoms. The van der Waals surface area contributed by atoms with Crippen LogP contribution in [0.3, 0.4) is 0 Å². The van der Waals surface area contributed by atoms with Crippen LogP contribution in [0.15, 0.2) is 18.2 Å². The lowest BCUT2D eigenvalue weighted by Crippen LogP contribution is -2.26. The number of methoxy groups -OCH3 is 2. The summed E-state index contributed by atoms with van der Waals surface area (Å²) in [6, 6.07) is 5.50. The third-order valence-corrected chi connectivity index (χ3v) is 3.21. The Bertz CT molecular complexity index is 424. The molecule has 112 valence electrons. The Labute approximate surface area is 125 Å². The fourth-order valence-corrected chi connectivity index (χ4v) is 2.05. The van der Waals surface area contributed by atoms with Gasteiger partial charge in [-0.3, -0.25) is 4.79 Å². The minimum Gasteiger partial charge on any atom is -0.493 e. The Balaban J connectivity index is 2.41. The van der Waals surface area contributed by atoms with Gasteiger partial charge in [0.1, 0.15) is 0 Å². The van der Waals surface area contributed by atoms with Gasteiger partial charge in [0.05, 0.1) is 20.6 Å². The Hall–Kier alpha value is -1.42. The van der Waals surface area contributed by atoms with Crippen molar-refractivity contribution in [1.29, 1.82) is 0 Å². The minimum absolute atomic E-state index is 0.0168. The average molecular weight is 300 g/mol. The number of halogens is 1. The molecule has 20 heavy (non-hydrogen) atoms. The number of nitrogens with one attached hydrogen (secondary N) is 1. The van der Waals surface area contributed by atoms with Crippen LogP contribution in [-0.2, 0) is 11.2 Å². The van der Waals surface area contributed by atoms with Crippen LogP contribution in [0, 0.1) is 0 Å². The topological polar surface area (TPSA) is 47.6 Å². The fourth-order valence-electron chi connectivity index (χ4n) is 1.86. The first kappa shape index (κ1) is 16.6. The maximum absolute atomic E-state index is 11.8. The number of alkyl halides is 1. The summed E-state index contributed by atoms with van der Waals surface area (Å²) in [6.07, 6.45) is 3.34. The summed E-state index contributed by atoms with van der Waals surface area (Å²) >= 11 is 5.59. The van der Waals surface area contributed by atoms with Crippen LogP contribution in [0.2, 0.25) is 0 Å². The van der Waals surface area contributed by atoms with Crippen LogP contribution >= 0.6 is 11.6 Å². The summed E-state index contributed by atoms with van der Waals surface area (Å²) in [5.41, 5.74) is 0.904. The molecule has 1 aromatic rings. The molecule has 1 rings (SSSR count). The highest BCUT2D eigenvalue weighted by atomic mass is 35.5. The summed E-state index contributed by atoms with van der Waals surface area (Å²) in [7, 11) is 3.17. The van der Waals surface area contributed by atoms with E-state index in [1.54, 1.807) is 14.2 Å². The molecule has 0 saturated heterocycles. The van der Waals surface area contributed by atoms with Gasteiger partial charge in [-0.15, -0.1) is 11.6 Å². The molecular formula is C15H22ClNO3. The highest BCUT2D eigenvalue weighted by molar-refractivity contribution is 6.17. The smallest absolute Gasteiger partial charge is 0.224 e. The molecule has 1 N–H and O–H groups in total. The van der Waals surface area contributed by atoms with Crippen molar-refractivity contribution in [2.75, 3.05) is 26.6 Å². The van der Waals surface area contributed by atoms with E-state index < -0.39 is 0 Å². The fraction of sp³-hybridized carbons (Fsp3) is 0.533. The number of benzene rings is 1. The summed E-state index contributed by atoms with van der Waals surface area (Å²) < 4.78 is 10.4. The van der Waals surface area contributed by atoms with Crippen molar-refractivity contribution in [3.8, 4) is 11.5 Å². The van der Waals surface area contributed by atoms with Gasteiger partial charge in [-0.25, -0.2) is 0 Å². The van der Waals surface area contributed by atoms with Crippen molar-refractivity contribution in [2.24, 2.45) is 0 Å². The third-order valence-electron chi connectivity index (χ3n) is 2.95. The zero-order chi connectivity index (χ0) is 14.8. The van der Waals surface area contributed by atoms with Crippen LogP contribution in [0.1, 0.15) is 24.8 Å². The molecule has 0 atom stereocenters. The third kappa shape index (κ3) is 5.70. The van der Waals surface area contributed by atoms with E-state index in [0.717, 1.165) is 24.8 Å². The quantitative estimate of drug-likeness (QED) is 0.563. The molecule has 0 unspecified atom stereocenters. The molecule has 4 nitrogen and oxygen atoms in total. The molecule has 1 amide bonds. The monoisotopic (exact) mass is 299 g/mol. The molecule has 5 heteroatoms. The highest BCUT2D eigenvalue weighted by Crippen LogP contribution is 2.27. The van der Waals surface area contributed by atoms with Gasteiger partial charge in [0.2, 0.25) is 5.91 Å². The molecule has 0 fully saturated rings. The van der Waals surface area contributed by atoms with Crippen molar-refractivity contribution in [1.82, 2.24) is 5.32 Å². The number of amides is 1. The standard InChI is InChI=1S/C15H22ClNO3/c1-19-13-7-6-12(10-14(13)20-2)11-15(18)17-9-5-3-4-8-16/h6-7,10H,3-5,8-9,11H2,1-2H3,(H,17,18). The van der Waals surface area contributed by atoms with Crippen molar-refractivity contribution in [3.05, 3.63) is 23.8 Å². The molecule has 0 aliphatic heterocycles.